The van der Waals surface area contributed by atoms with E-state index in [1.807, 2.05) is 13.8 Å². The minimum atomic E-state index is -0.489. The maximum absolute atomic E-state index is 12.6. The number of aryl methyl sites for hydroxylation is 1. The lowest BCUT2D eigenvalue weighted by Crippen LogP contribution is -2.37. The van der Waals surface area contributed by atoms with E-state index in [1.54, 1.807) is 10.6 Å². The standard InChI is InChI=1S/C17H19N5O5/c1-10(2)27-13-6-5-12(22(25)26)7-11(13)8-21-9-18-15-14(21)16(23)20(4)17(24)19(15)3/h5-7,9-10H,8H2,1-4H3. The summed E-state index contributed by atoms with van der Waals surface area (Å²) in [5.74, 6) is 0.485. The summed E-state index contributed by atoms with van der Waals surface area (Å²) in [6.07, 6.45) is 1.31. The third kappa shape index (κ3) is 3.21. The molecule has 0 amide bonds. The van der Waals surface area contributed by atoms with E-state index in [4.69, 9.17) is 4.74 Å². The SMILES string of the molecule is CC(C)Oc1ccc([N+](=O)[O-])cc1Cn1cnc2c1c(=O)n(C)c(=O)n2C. The molecule has 2 aromatic heterocycles. The van der Waals surface area contributed by atoms with E-state index in [2.05, 4.69) is 4.98 Å². The molecule has 27 heavy (non-hydrogen) atoms. The molecule has 0 spiro atoms. The van der Waals surface area contributed by atoms with E-state index in [0.29, 0.717) is 11.3 Å². The summed E-state index contributed by atoms with van der Waals surface area (Å²) in [5, 5.41) is 11.1. The second-order valence-corrected chi connectivity index (χ2v) is 6.47. The molecule has 10 nitrogen and oxygen atoms in total. The summed E-state index contributed by atoms with van der Waals surface area (Å²) < 4.78 is 9.59. The second-order valence-electron chi connectivity index (χ2n) is 6.47. The quantitative estimate of drug-likeness (QED) is 0.490. The number of nitro groups is 1. The first-order chi connectivity index (χ1) is 12.7. The zero-order chi connectivity index (χ0) is 19.9. The van der Waals surface area contributed by atoms with Crippen molar-refractivity contribution < 1.29 is 9.66 Å². The van der Waals surface area contributed by atoms with Gasteiger partial charge in [0.1, 0.15) is 5.75 Å². The molecule has 0 unspecified atom stereocenters. The monoisotopic (exact) mass is 373 g/mol. The molecule has 3 rings (SSSR count). The number of aromatic nitrogens is 4. The first kappa shape index (κ1) is 18.4. The van der Waals surface area contributed by atoms with Crippen LogP contribution < -0.4 is 16.0 Å². The van der Waals surface area contributed by atoms with Crippen LogP contribution in [-0.4, -0.2) is 29.7 Å². The van der Waals surface area contributed by atoms with Gasteiger partial charge in [-0.1, -0.05) is 0 Å². The van der Waals surface area contributed by atoms with E-state index in [9.17, 15) is 19.7 Å². The van der Waals surface area contributed by atoms with Gasteiger partial charge in [0.15, 0.2) is 11.2 Å². The van der Waals surface area contributed by atoms with Crippen LogP contribution in [0.5, 0.6) is 5.75 Å². The molecule has 0 radical (unpaired) electrons. The van der Waals surface area contributed by atoms with E-state index in [-0.39, 0.29) is 29.5 Å². The fourth-order valence-corrected chi connectivity index (χ4v) is 2.87. The molecule has 0 bridgehead atoms. The lowest BCUT2D eigenvalue weighted by atomic mass is 10.1. The smallest absolute Gasteiger partial charge is 0.332 e. The Kier molecular flexibility index (Phi) is 4.56. The molecule has 0 atom stereocenters. The normalized spacial score (nSPS) is 11.3. The maximum atomic E-state index is 12.6. The fourth-order valence-electron chi connectivity index (χ4n) is 2.87. The average molecular weight is 373 g/mol. The minimum Gasteiger partial charge on any atom is -0.491 e. The molecule has 3 aromatic rings. The van der Waals surface area contributed by atoms with E-state index >= 15 is 0 Å². The molecule has 2 heterocycles. The van der Waals surface area contributed by atoms with Gasteiger partial charge in [-0.05, 0) is 19.9 Å². The van der Waals surface area contributed by atoms with E-state index < -0.39 is 16.2 Å². The van der Waals surface area contributed by atoms with Gasteiger partial charge in [0.2, 0.25) is 0 Å². The molecule has 0 saturated carbocycles. The van der Waals surface area contributed by atoms with Gasteiger partial charge in [0, 0.05) is 31.8 Å². The number of nitrogens with zero attached hydrogens (tertiary/aromatic N) is 5. The molecule has 0 aliphatic heterocycles. The first-order valence-electron chi connectivity index (χ1n) is 8.25. The van der Waals surface area contributed by atoms with Crippen LogP contribution in [0.15, 0.2) is 34.1 Å². The van der Waals surface area contributed by atoms with Crippen molar-refractivity contribution in [2.75, 3.05) is 0 Å². The van der Waals surface area contributed by atoms with Crippen LogP contribution in [0.1, 0.15) is 19.4 Å². The summed E-state index contributed by atoms with van der Waals surface area (Å²) in [4.78, 5) is 39.4. The van der Waals surface area contributed by atoms with Crippen LogP contribution in [-0.2, 0) is 20.6 Å². The molecule has 10 heteroatoms. The summed E-state index contributed by atoms with van der Waals surface area (Å²) in [7, 11) is 2.92. The number of rotatable bonds is 5. The lowest BCUT2D eigenvalue weighted by Gasteiger charge is -2.15. The number of benzene rings is 1. The van der Waals surface area contributed by atoms with Crippen LogP contribution >= 0.6 is 0 Å². The summed E-state index contributed by atoms with van der Waals surface area (Å²) in [5.41, 5.74) is -0.0142. The number of hydrogen-bond donors (Lipinski definition) is 0. The highest BCUT2D eigenvalue weighted by atomic mass is 16.6. The van der Waals surface area contributed by atoms with Crippen molar-refractivity contribution in [1.29, 1.82) is 0 Å². The Morgan fingerprint density at radius 2 is 1.93 bits per heavy atom. The Balaban J connectivity index is 2.18. The summed E-state index contributed by atoms with van der Waals surface area (Å²) in [6.45, 7) is 3.83. The molecule has 0 saturated heterocycles. The largest absolute Gasteiger partial charge is 0.491 e. The molecular formula is C17H19N5O5. The van der Waals surface area contributed by atoms with E-state index in [1.165, 1.54) is 37.1 Å². The Morgan fingerprint density at radius 1 is 1.22 bits per heavy atom. The number of fused-ring (bicyclic) bond motifs is 1. The third-order valence-electron chi connectivity index (χ3n) is 4.18. The Morgan fingerprint density at radius 3 is 2.56 bits per heavy atom. The highest BCUT2D eigenvalue weighted by Crippen LogP contribution is 2.26. The number of ether oxygens (including phenoxy) is 1. The van der Waals surface area contributed by atoms with Gasteiger partial charge in [-0.3, -0.25) is 24.0 Å². The molecule has 0 fully saturated rings. The second kappa shape index (κ2) is 6.71. The lowest BCUT2D eigenvalue weighted by molar-refractivity contribution is -0.384. The predicted octanol–water partition coefficient (Wildman–Crippen LogP) is 1.18. The van der Waals surface area contributed by atoms with Crippen molar-refractivity contribution in [2.24, 2.45) is 14.1 Å². The van der Waals surface area contributed by atoms with Crippen LogP contribution in [0.3, 0.4) is 0 Å². The van der Waals surface area contributed by atoms with Gasteiger partial charge in [0.05, 0.1) is 23.9 Å². The van der Waals surface area contributed by atoms with Crippen molar-refractivity contribution >= 4 is 16.9 Å². The van der Waals surface area contributed by atoms with Crippen LogP contribution in [0.25, 0.3) is 11.2 Å². The van der Waals surface area contributed by atoms with Gasteiger partial charge in [-0.15, -0.1) is 0 Å². The Bertz CT molecular complexity index is 1150. The molecule has 0 N–H and O–H groups in total. The van der Waals surface area contributed by atoms with Crippen LogP contribution in [0.2, 0.25) is 0 Å². The highest BCUT2D eigenvalue weighted by molar-refractivity contribution is 5.70. The zero-order valence-electron chi connectivity index (χ0n) is 15.4. The molecular weight excluding hydrogens is 354 g/mol. The zero-order valence-corrected chi connectivity index (χ0v) is 15.4. The highest BCUT2D eigenvalue weighted by Gasteiger charge is 2.18. The molecule has 1 aromatic carbocycles. The summed E-state index contributed by atoms with van der Waals surface area (Å²) >= 11 is 0. The number of hydrogen-bond acceptors (Lipinski definition) is 6. The van der Waals surface area contributed by atoms with Crippen molar-refractivity contribution in [3.8, 4) is 5.75 Å². The van der Waals surface area contributed by atoms with Crippen LogP contribution in [0.4, 0.5) is 5.69 Å². The molecule has 0 aliphatic carbocycles. The number of nitro benzene ring substituents is 1. The minimum absolute atomic E-state index is 0.0779. The van der Waals surface area contributed by atoms with Gasteiger partial charge in [0.25, 0.3) is 11.2 Å². The topological polar surface area (TPSA) is 114 Å². The van der Waals surface area contributed by atoms with E-state index in [0.717, 1.165) is 4.57 Å². The Labute approximate surface area is 153 Å². The van der Waals surface area contributed by atoms with Gasteiger partial charge < -0.3 is 9.30 Å². The number of non-ortho nitro benzene ring substituents is 1. The van der Waals surface area contributed by atoms with Gasteiger partial charge >= 0.3 is 5.69 Å². The molecule has 0 aliphatic rings. The molecule has 142 valence electrons. The van der Waals surface area contributed by atoms with Crippen molar-refractivity contribution in [1.82, 2.24) is 18.7 Å². The van der Waals surface area contributed by atoms with Crippen molar-refractivity contribution in [3.05, 3.63) is 61.0 Å². The van der Waals surface area contributed by atoms with Gasteiger partial charge in [-0.25, -0.2) is 9.78 Å². The first-order valence-corrected chi connectivity index (χ1v) is 8.25. The summed E-state index contributed by atoms with van der Waals surface area (Å²) in [6, 6.07) is 4.33. The fraction of sp³-hybridized carbons (Fsp3) is 0.353. The number of imidazole rings is 1. The Hall–Kier alpha value is -3.43. The third-order valence-corrected chi connectivity index (χ3v) is 4.18. The predicted molar refractivity (Wildman–Crippen MR) is 98.2 cm³/mol. The average Bonchev–Trinajstić information content (AvgIpc) is 3.02. The van der Waals surface area contributed by atoms with Crippen LogP contribution in [0, 0.1) is 10.1 Å². The van der Waals surface area contributed by atoms with Crippen molar-refractivity contribution in [3.63, 3.8) is 0 Å². The van der Waals surface area contributed by atoms with Gasteiger partial charge in [-0.2, -0.15) is 0 Å². The maximum Gasteiger partial charge on any atom is 0.332 e. The van der Waals surface area contributed by atoms with Crippen molar-refractivity contribution in [2.45, 2.75) is 26.5 Å².